The molecule has 16 nitrogen and oxygen atoms in total. The average molecular weight is 1140 g/mol. The third kappa shape index (κ3) is 12.5. The Hall–Kier alpha value is -3.57. The van der Waals surface area contributed by atoms with Gasteiger partial charge in [0.1, 0.15) is 20.1 Å². The number of nitrogens with one attached hydrogen (secondary N) is 3. The Kier molecular flexibility index (Phi) is 17.6. The zero-order valence-corrected chi connectivity index (χ0v) is 49.2. The molecule has 12 rings (SSSR count). The molecule has 2 spiro atoms. The Bertz CT molecular complexity index is 2890. The molecule has 2 aromatic heterocycles. The summed E-state index contributed by atoms with van der Waals surface area (Å²) in [5.74, 6) is 0.669. The van der Waals surface area contributed by atoms with Crippen molar-refractivity contribution in [3.05, 3.63) is 56.6 Å². The molecule has 0 unspecified atom stereocenters. The number of sulfonamides is 1. The number of aryl methyl sites for hydroxylation is 4. The van der Waals surface area contributed by atoms with Crippen LogP contribution in [0.3, 0.4) is 0 Å². The molecule has 3 N–H and O–H groups in total. The van der Waals surface area contributed by atoms with Gasteiger partial charge in [-0.25, -0.2) is 35.4 Å². The number of anilines is 4. The fourth-order valence-electron chi connectivity index (χ4n) is 14.2. The number of hydrogen-bond donors (Lipinski definition) is 3. The van der Waals surface area contributed by atoms with Crippen molar-refractivity contribution in [3.8, 4) is 0 Å². The minimum absolute atomic E-state index is 0.0553. The minimum atomic E-state index is -4.03. The summed E-state index contributed by atoms with van der Waals surface area (Å²) in [6.45, 7) is 11.1. The van der Waals surface area contributed by atoms with E-state index in [2.05, 4.69) is 77.5 Å². The first kappa shape index (κ1) is 56.7. The van der Waals surface area contributed by atoms with Gasteiger partial charge in [0.05, 0.1) is 0 Å². The van der Waals surface area contributed by atoms with E-state index in [1.54, 1.807) is 0 Å². The van der Waals surface area contributed by atoms with E-state index in [1.165, 1.54) is 98.4 Å². The van der Waals surface area contributed by atoms with Gasteiger partial charge in [-0.1, -0.05) is 51.0 Å². The van der Waals surface area contributed by atoms with Gasteiger partial charge in [0, 0.05) is 74.0 Å². The van der Waals surface area contributed by atoms with E-state index in [1.807, 2.05) is 0 Å². The van der Waals surface area contributed by atoms with E-state index in [4.69, 9.17) is 15.4 Å². The number of likely N-dealkylation sites (tertiary alicyclic amines) is 2. The minimum Gasteiger partial charge on any atom is -0.359 e. The Morgan fingerprint density at radius 1 is 0.649 bits per heavy atom. The van der Waals surface area contributed by atoms with E-state index in [0.29, 0.717) is 50.2 Å². The van der Waals surface area contributed by atoms with Crippen LogP contribution in [0.15, 0.2) is 22.4 Å². The number of aromatic amines is 1. The van der Waals surface area contributed by atoms with Gasteiger partial charge in [-0.05, 0) is 192 Å². The molecule has 22 heteroatoms. The SMILES string of the molecule is C[Si](C)(C)CCOCn1nc(S(=O)(=O)Cl)nc1Nc1c2c(cc3c1CCC3)CCC2.FCCN1CCCC12CCCCC2.O=S(=O)(c1nc(Nc2c3c(cc4c2CCC4)CCC3)n[nH]1)N1CCC2(CCCN2CCF)CC1. The summed E-state index contributed by atoms with van der Waals surface area (Å²) in [4.78, 5) is 13.2. The van der Waals surface area contributed by atoms with Crippen molar-refractivity contribution in [1.29, 1.82) is 0 Å². The van der Waals surface area contributed by atoms with E-state index in [9.17, 15) is 25.6 Å². The van der Waals surface area contributed by atoms with Crippen molar-refractivity contribution in [2.24, 2.45) is 0 Å². The van der Waals surface area contributed by atoms with Crippen LogP contribution in [-0.2, 0) is 81.9 Å². The summed E-state index contributed by atoms with van der Waals surface area (Å²) in [7, 11) is -3.49. The second-order valence-corrected chi connectivity index (χ2v) is 34.1. The molecule has 1 saturated carbocycles. The Morgan fingerprint density at radius 3 is 1.64 bits per heavy atom. The maximum Gasteiger partial charge on any atom is 0.298 e. The van der Waals surface area contributed by atoms with Crippen molar-refractivity contribution >= 4 is 61.1 Å². The summed E-state index contributed by atoms with van der Waals surface area (Å²) >= 11 is 0. The number of nitrogens with zero attached hydrogens (tertiary/aromatic N) is 8. The largest absolute Gasteiger partial charge is 0.359 e. The van der Waals surface area contributed by atoms with Crippen LogP contribution in [0.2, 0.25) is 25.7 Å². The number of H-pyrrole nitrogens is 1. The zero-order valence-electron chi connectivity index (χ0n) is 45.8. The van der Waals surface area contributed by atoms with Crippen LogP contribution < -0.4 is 10.6 Å². The molecule has 4 aromatic rings. The standard InChI is InChI=1S/C24H33FN6O2S.C20H29ClN4O3SSi.C11H20FN/c25-11-15-30-12-3-8-24(30)9-13-31(14-10-24)34(32,33)23-27-22(28-29-23)26-21-19-6-1-4-17(19)16-18-5-2-7-20(18)21;1-30(2,3)11-10-28-13-25-19(23-20(24-25)29(21,26)27)22-18-16-8-4-6-14(16)12-15-7-5-9-17(15)18;12-8-10-13-9-4-7-11(13)5-2-1-3-6-11/h16H,1-15H2,(H2,26,27,28,29);12H,4-11,13H2,1-3H3,(H,22,23,24);1-10H2. The van der Waals surface area contributed by atoms with Gasteiger partial charge in [-0.2, -0.15) is 14.3 Å². The quantitative estimate of drug-likeness (QED) is 0.0548. The molecule has 2 aromatic carbocycles. The monoisotopic (exact) mass is 1140 g/mol. The van der Waals surface area contributed by atoms with Crippen LogP contribution >= 0.6 is 10.7 Å². The van der Waals surface area contributed by atoms with Gasteiger partial charge in [-0.15, -0.1) is 10.2 Å². The van der Waals surface area contributed by atoms with E-state index >= 15 is 0 Å². The number of piperidine rings is 1. The number of hydrogen-bond acceptors (Lipinski definition) is 13. The molecular weight excluding hydrogens is 1060 g/mol. The lowest BCUT2D eigenvalue weighted by Crippen LogP contribution is -2.53. The van der Waals surface area contributed by atoms with Crippen molar-refractivity contribution in [1.82, 2.24) is 44.1 Å². The van der Waals surface area contributed by atoms with Crippen LogP contribution in [0.5, 0.6) is 0 Å². The number of rotatable bonds is 16. The van der Waals surface area contributed by atoms with Gasteiger partial charge in [0.15, 0.2) is 0 Å². The second kappa shape index (κ2) is 23.9. The fourth-order valence-corrected chi connectivity index (χ4v) is 16.8. The van der Waals surface area contributed by atoms with Crippen molar-refractivity contribution < 1.29 is 30.4 Å². The van der Waals surface area contributed by atoms with E-state index < -0.39 is 32.3 Å². The number of ether oxygens (including phenoxy) is 1. The molecular formula is C55H82ClF2N11O5S2Si. The Labute approximate surface area is 461 Å². The molecule has 8 aliphatic rings. The molecule has 5 heterocycles. The number of benzene rings is 2. The molecule has 3 saturated heterocycles. The van der Waals surface area contributed by atoms with Crippen molar-refractivity contribution in [3.63, 3.8) is 0 Å². The normalized spacial score (nSPS) is 20.9. The fraction of sp³-hybridized carbons (Fsp3) is 0.709. The van der Waals surface area contributed by atoms with Crippen LogP contribution in [0.25, 0.3) is 0 Å². The molecule has 5 aliphatic carbocycles. The van der Waals surface area contributed by atoms with Crippen LogP contribution in [-0.4, -0.2) is 139 Å². The maximum absolute atomic E-state index is 13.3. The number of halogens is 3. The highest BCUT2D eigenvalue weighted by Crippen LogP contribution is 2.44. The molecule has 3 aliphatic heterocycles. The molecule has 0 amide bonds. The highest BCUT2D eigenvalue weighted by Gasteiger charge is 2.46. The van der Waals surface area contributed by atoms with Crippen LogP contribution in [0.4, 0.5) is 32.1 Å². The van der Waals surface area contributed by atoms with Gasteiger partial charge in [-0.3, -0.25) is 9.80 Å². The Morgan fingerprint density at radius 2 is 1.14 bits per heavy atom. The van der Waals surface area contributed by atoms with Crippen LogP contribution in [0.1, 0.15) is 141 Å². The molecule has 0 radical (unpaired) electrons. The van der Waals surface area contributed by atoms with Crippen molar-refractivity contribution in [2.45, 2.75) is 201 Å². The van der Waals surface area contributed by atoms with Gasteiger partial charge >= 0.3 is 0 Å². The molecule has 4 fully saturated rings. The third-order valence-corrected chi connectivity index (χ3v) is 22.6. The lowest BCUT2D eigenvalue weighted by Gasteiger charge is -2.44. The van der Waals surface area contributed by atoms with E-state index in [0.717, 1.165) is 133 Å². The summed E-state index contributed by atoms with van der Waals surface area (Å²) in [5.41, 5.74) is 13.5. The lowest BCUT2D eigenvalue weighted by atomic mass is 9.80. The Balaban J connectivity index is 0.000000143. The number of alkyl halides is 2. The zero-order chi connectivity index (χ0) is 54.0. The molecule has 0 bridgehead atoms. The van der Waals surface area contributed by atoms with Gasteiger partial charge < -0.3 is 15.4 Å². The summed E-state index contributed by atoms with van der Waals surface area (Å²) in [6, 6.07) is 5.74. The second-order valence-electron chi connectivity index (χ2n) is 24.2. The predicted molar refractivity (Wildman–Crippen MR) is 301 cm³/mol. The lowest BCUT2D eigenvalue weighted by molar-refractivity contribution is 0.0728. The topological polar surface area (TPSA) is 184 Å². The third-order valence-electron chi connectivity index (χ3n) is 18.2. The van der Waals surface area contributed by atoms with Crippen molar-refractivity contribution in [2.75, 3.05) is 69.9 Å². The van der Waals surface area contributed by atoms with Gasteiger partial charge in [0.2, 0.25) is 11.9 Å². The summed E-state index contributed by atoms with van der Waals surface area (Å²) in [5, 5.41) is 17.3. The average Bonchev–Trinajstić information content (AvgIpc) is 4.30. The van der Waals surface area contributed by atoms with E-state index in [-0.39, 0.29) is 30.8 Å². The maximum atomic E-state index is 13.3. The molecule has 424 valence electrons. The summed E-state index contributed by atoms with van der Waals surface area (Å²) in [6.07, 6.45) is 26.0. The predicted octanol–water partition coefficient (Wildman–Crippen LogP) is 10.1. The number of fused-ring (bicyclic) bond motifs is 4. The molecule has 77 heavy (non-hydrogen) atoms. The first-order chi connectivity index (χ1) is 37.0. The van der Waals surface area contributed by atoms with Gasteiger partial charge in [0.25, 0.3) is 29.4 Å². The summed E-state index contributed by atoms with van der Waals surface area (Å²) < 4.78 is 84.5. The highest BCUT2D eigenvalue weighted by molar-refractivity contribution is 8.13. The first-order valence-electron chi connectivity index (χ1n) is 28.9. The van der Waals surface area contributed by atoms with Crippen LogP contribution in [0, 0.1) is 0 Å². The molecule has 0 atom stereocenters. The smallest absolute Gasteiger partial charge is 0.298 e. The number of aromatic nitrogens is 6. The highest BCUT2D eigenvalue weighted by atomic mass is 35.7. The first-order valence-corrected chi connectivity index (χ1v) is 36.3.